The average Bonchev–Trinajstić information content (AvgIpc) is 3.03. The van der Waals surface area contributed by atoms with Gasteiger partial charge in [0, 0.05) is 10.6 Å². The summed E-state index contributed by atoms with van der Waals surface area (Å²) in [5.41, 5.74) is 2.72. The van der Waals surface area contributed by atoms with Crippen LogP contribution in [0.15, 0.2) is 35.4 Å². The van der Waals surface area contributed by atoms with Gasteiger partial charge in [-0.3, -0.25) is 14.2 Å². The van der Waals surface area contributed by atoms with Crippen LogP contribution in [0.25, 0.3) is 10.2 Å². The molecule has 1 N–H and O–H groups in total. The Labute approximate surface area is 150 Å². The number of rotatable bonds is 4. The van der Waals surface area contributed by atoms with Gasteiger partial charge >= 0.3 is 0 Å². The number of amides is 1. The molecule has 2 heterocycles. The standard InChI is InChI=1S/C19H21N3O2S/c1-5-14-9-15-18(25-14)20-10-22(19(15)24)13(4)17(23)21-16-8-6-7-11(2)12(16)3/h6-10,13H,5H2,1-4H3,(H,21,23)/t13-/m0/s1. The van der Waals surface area contributed by atoms with Crippen molar-refractivity contribution in [3.8, 4) is 0 Å². The molecule has 0 radical (unpaired) electrons. The third-order valence-corrected chi connectivity index (χ3v) is 5.72. The van der Waals surface area contributed by atoms with E-state index in [9.17, 15) is 9.59 Å². The number of hydrogen-bond donors (Lipinski definition) is 1. The second-order valence-corrected chi connectivity index (χ2v) is 7.27. The number of benzene rings is 1. The number of nitrogens with zero attached hydrogens (tertiary/aromatic N) is 2. The van der Waals surface area contributed by atoms with E-state index < -0.39 is 6.04 Å². The van der Waals surface area contributed by atoms with Crippen LogP contribution in [0.5, 0.6) is 0 Å². The van der Waals surface area contributed by atoms with Crippen LogP contribution in [-0.4, -0.2) is 15.5 Å². The van der Waals surface area contributed by atoms with E-state index in [-0.39, 0.29) is 11.5 Å². The van der Waals surface area contributed by atoms with E-state index in [1.54, 1.807) is 6.92 Å². The molecular weight excluding hydrogens is 334 g/mol. The van der Waals surface area contributed by atoms with E-state index in [1.807, 2.05) is 45.0 Å². The van der Waals surface area contributed by atoms with Crippen LogP contribution >= 0.6 is 11.3 Å². The van der Waals surface area contributed by atoms with E-state index in [0.717, 1.165) is 32.9 Å². The number of aryl methyl sites for hydroxylation is 2. The summed E-state index contributed by atoms with van der Waals surface area (Å²) in [5.74, 6) is -0.233. The number of fused-ring (bicyclic) bond motifs is 1. The lowest BCUT2D eigenvalue weighted by atomic mass is 10.1. The Morgan fingerprint density at radius 3 is 2.84 bits per heavy atom. The van der Waals surface area contributed by atoms with Crippen LogP contribution in [0.4, 0.5) is 5.69 Å². The topological polar surface area (TPSA) is 64.0 Å². The summed E-state index contributed by atoms with van der Waals surface area (Å²) in [5, 5.41) is 3.50. The molecule has 0 aliphatic heterocycles. The molecule has 0 saturated heterocycles. The molecule has 0 saturated carbocycles. The molecular formula is C19H21N3O2S. The van der Waals surface area contributed by atoms with Crippen LogP contribution in [0.2, 0.25) is 0 Å². The predicted octanol–water partition coefficient (Wildman–Crippen LogP) is 3.84. The van der Waals surface area contributed by atoms with Crippen LogP contribution in [0, 0.1) is 13.8 Å². The lowest BCUT2D eigenvalue weighted by Crippen LogP contribution is -2.31. The minimum absolute atomic E-state index is 0.176. The average molecular weight is 355 g/mol. The van der Waals surface area contributed by atoms with Gasteiger partial charge in [-0.05, 0) is 50.5 Å². The monoisotopic (exact) mass is 355 g/mol. The molecule has 0 bridgehead atoms. The molecule has 0 spiro atoms. The summed E-state index contributed by atoms with van der Waals surface area (Å²) in [6.07, 6.45) is 2.33. The van der Waals surface area contributed by atoms with Crippen molar-refractivity contribution in [1.29, 1.82) is 0 Å². The zero-order valence-electron chi connectivity index (χ0n) is 14.8. The SMILES string of the molecule is CCc1cc2c(=O)n([C@@H](C)C(=O)Nc3cccc(C)c3C)cnc2s1. The van der Waals surface area contributed by atoms with E-state index >= 15 is 0 Å². The molecule has 6 heteroatoms. The van der Waals surface area contributed by atoms with Gasteiger partial charge < -0.3 is 5.32 Å². The van der Waals surface area contributed by atoms with E-state index in [2.05, 4.69) is 10.3 Å². The second kappa shape index (κ2) is 6.80. The Balaban J connectivity index is 1.92. The van der Waals surface area contributed by atoms with Crippen LogP contribution in [0.3, 0.4) is 0 Å². The molecule has 1 amide bonds. The van der Waals surface area contributed by atoms with Crippen LogP contribution in [0.1, 0.15) is 35.9 Å². The fourth-order valence-corrected chi connectivity index (χ4v) is 3.61. The predicted molar refractivity (Wildman–Crippen MR) is 103 cm³/mol. The van der Waals surface area contributed by atoms with Gasteiger partial charge in [0.2, 0.25) is 5.91 Å². The van der Waals surface area contributed by atoms with Gasteiger partial charge in [0.05, 0.1) is 11.7 Å². The Bertz CT molecular complexity index is 1000. The zero-order valence-corrected chi connectivity index (χ0v) is 15.6. The molecule has 0 aliphatic rings. The van der Waals surface area contributed by atoms with Crippen molar-refractivity contribution in [2.75, 3.05) is 5.32 Å². The van der Waals surface area contributed by atoms with Crippen molar-refractivity contribution in [3.63, 3.8) is 0 Å². The molecule has 0 unspecified atom stereocenters. The Hall–Kier alpha value is -2.47. The number of aromatic nitrogens is 2. The number of carbonyl (C=O) groups is 1. The lowest BCUT2D eigenvalue weighted by Gasteiger charge is -2.16. The maximum absolute atomic E-state index is 12.7. The minimum Gasteiger partial charge on any atom is -0.324 e. The molecule has 130 valence electrons. The molecule has 1 atom stereocenters. The van der Waals surface area contributed by atoms with Crippen molar-refractivity contribution in [2.45, 2.75) is 40.2 Å². The van der Waals surface area contributed by atoms with Gasteiger partial charge in [-0.1, -0.05) is 19.1 Å². The number of thiophene rings is 1. The van der Waals surface area contributed by atoms with Gasteiger partial charge in [0.25, 0.3) is 5.56 Å². The Kier molecular flexibility index (Phi) is 4.72. The van der Waals surface area contributed by atoms with Gasteiger partial charge in [-0.25, -0.2) is 4.98 Å². The molecule has 5 nitrogen and oxygen atoms in total. The number of nitrogens with one attached hydrogen (secondary N) is 1. The van der Waals surface area contributed by atoms with Crippen molar-refractivity contribution < 1.29 is 4.79 Å². The van der Waals surface area contributed by atoms with Gasteiger partial charge in [-0.15, -0.1) is 11.3 Å². The quantitative estimate of drug-likeness (QED) is 0.773. The lowest BCUT2D eigenvalue weighted by molar-refractivity contribution is -0.118. The summed E-state index contributed by atoms with van der Waals surface area (Å²) in [6, 6.07) is 7.00. The number of carbonyl (C=O) groups excluding carboxylic acids is 1. The highest BCUT2D eigenvalue weighted by Crippen LogP contribution is 2.22. The largest absolute Gasteiger partial charge is 0.324 e. The fraction of sp³-hybridized carbons (Fsp3) is 0.316. The maximum Gasteiger partial charge on any atom is 0.262 e. The molecule has 25 heavy (non-hydrogen) atoms. The fourth-order valence-electron chi connectivity index (χ4n) is 2.69. The van der Waals surface area contributed by atoms with E-state index in [1.165, 1.54) is 22.2 Å². The third-order valence-electron chi connectivity index (χ3n) is 4.54. The third kappa shape index (κ3) is 3.22. The van der Waals surface area contributed by atoms with Crippen molar-refractivity contribution >= 4 is 33.1 Å². The summed E-state index contributed by atoms with van der Waals surface area (Å²) < 4.78 is 1.40. The number of hydrogen-bond acceptors (Lipinski definition) is 4. The second-order valence-electron chi connectivity index (χ2n) is 6.15. The molecule has 2 aromatic heterocycles. The van der Waals surface area contributed by atoms with Crippen molar-refractivity contribution in [3.05, 3.63) is 57.0 Å². The molecule has 1 aromatic carbocycles. The first-order valence-corrected chi connectivity index (χ1v) is 9.10. The first kappa shape index (κ1) is 17.4. The Morgan fingerprint density at radius 2 is 2.12 bits per heavy atom. The van der Waals surface area contributed by atoms with E-state index in [0.29, 0.717) is 5.39 Å². The van der Waals surface area contributed by atoms with E-state index in [4.69, 9.17) is 0 Å². The van der Waals surface area contributed by atoms with Gasteiger partial charge in [0.1, 0.15) is 10.9 Å². The summed E-state index contributed by atoms with van der Waals surface area (Å²) in [7, 11) is 0. The molecule has 3 rings (SSSR count). The molecule has 0 fully saturated rings. The van der Waals surface area contributed by atoms with Crippen molar-refractivity contribution in [2.24, 2.45) is 0 Å². The van der Waals surface area contributed by atoms with Gasteiger partial charge in [-0.2, -0.15) is 0 Å². The highest BCUT2D eigenvalue weighted by molar-refractivity contribution is 7.18. The summed E-state index contributed by atoms with van der Waals surface area (Å²) >= 11 is 1.52. The smallest absolute Gasteiger partial charge is 0.262 e. The normalized spacial score (nSPS) is 12.3. The first-order chi connectivity index (χ1) is 11.9. The van der Waals surface area contributed by atoms with Crippen LogP contribution < -0.4 is 10.9 Å². The van der Waals surface area contributed by atoms with Crippen LogP contribution in [-0.2, 0) is 11.2 Å². The molecule has 3 aromatic rings. The Morgan fingerprint density at radius 1 is 1.36 bits per heavy atom. The minimum atomic E-state index is -0.644. The molecule has 0 aliphatic carbocycles. The summed E-state index contributed by atoms with van der Waals surface area (Å²) in [6.45, 7) is 7.72. The summed E-state index contributed by atoms with van der Waals surface area (Å²) in [4.78, 5) is 31.5. The highest BCUT2D eigenvalue weighted by atomic mass is 32.1. The zero-order chi connectivity index (χ0) is 18.1. The van der Waals surface area contributed by atoms with Gasteiger partial charge in [0.15, 0.2) is 0 Å². The highest BCUT2D eigenvalue weighted by Gasteiger charge is 2.19. The first-order valence-electron chi connectivity index (χ1n) is 8.29. The maximum atomic E-state index is 12.7. The number of anilines is 1. The van der Waals surface area contributed by atoms with Crippen molar-refractivity contribution in [1.82, 2.24) is 9.55 Å².